The number of hydrogen-bond acceptors (Lipinski definition) is 6. The van der Waals surface area contributed by atoms with Crippen LogP contribution in [-0.2, 0) is 10.0 Å². The van der Waals surface area contributed by atoms with Crippen LogP contribution in [-0.4, -0.2) is 55.4 Å². The quantitative estimate of drug-likeness (QED) is 0.817. The Morgan fingerprint density at radius 3 is 2.52 bits per heavy atom. The molecule has 1 aliphatic heterocycles. The predicted molar refractivity (Wildman–Crippen MR) is 108 cm³/mol. The number of aryl methyl sites for hydroxylation is 1. The van der Waals surface area contributed by atoms with Crippen LogP contribution in [0.1, 0.15) is 18.2 Å². The zero-order valence-electron chi connectivity index (χ0n) is 15.7. The molecule has 0 saturated carbocycles. The summed E-state index contributed by atoms with van der Waals surface area (Å²) in [7, 11) is -3.58. The zero-order valence-corrected chi connectivity index (χ0v) is 17.3. The third kappa shape index (κ3) is 4.17. The van der Waals surface area contributed by atoms with E-state index in [-0.39, 0.29) is 4.90 Å². The Bertz CT molecular complexity index is 927. The lowest BCUT2D eigenvalue weighted by atomic mass is 10.2. The van der Waals surface area contributed by atoms with Gasteiger partial charge in [0.2, 0.25) is 16.0 Å². The molecule has 27 heavy (non-hydrogen) atoms. The van der Waals surface area contributed by atoms with Crippen molar-refractivity contribution in [3.63, 3.8) is 0 Å². The molecule has 1 saturated heterocycles. The summed E-state index contributed by atoms with van der Waals surface area (Å²) in [6.45, 7) is 8.27. The lowest BCUT2D eigenvalue weighted by Gasteiger charge is -2.34. The molecule has 146 valence electrons. The Hall–Kier alpha value is -1.90. The summed E-state index contributed by atoms with van der Waals surface area (Å²) in [4.78, 5) is 11.3. The summed E-state index contributed by atoms with van der Waals surface area (Å²) in [6, 6.07) is 6.87. The van der Waals surface area contributed by atoms with Gasteiger partial charge in [-0.3, -0.25) is 0 Å². The van der Waals surface area contributed by atoms with Crippen LogP contribution in [0.25, 0.3) is 0 Å². The van der Waals surface area contributed by atoms with Crippen LogP contribution in [0.5, 0.6) is 0 Å². The van der Waals surface area contributed by atoms with Gasteiger partial charge < -0.3 is 10.2 Å². The minimum atomic E-state index is -3.58. The molecule has 2 heterocycles. The number of halogens is 1. The molecule has 1 aliphatic rings. The molecule has 0 aliphatic carbocycles. The third-order valence-electron chi connectivity index (χ3n) is 4.56. The van der Waals surface area contributed by atoms with E-state index in [1.165, 1.54) is 4.31 Å². The number of nitrogens with one attached hydrogen (secondary N) is 1. The van der Waals surface area contributed by atoms with Gasteiger partial charge in [-0.15, -0.1) is 0 Å². The number of hydrogen-bond donors (Lipinski definition) is 1. The molecule has 0 bridgehead atoms. The summed E-state index contributed by atoms with van der Waals surface area (Å²) >= 11 is 6.10. The maximum atomic E-state index is 13.0. The van der Waals surface area contributed by atoms with E-state index in [0.29, 0.717) is 42.7 Å². The van der Waals surface area contributed by atoms with Crippen LogP contribution in [0.4, 0.5) is 11.8 Å². The first-order valence-electron chi connectivity index (χ1n) is 8.92. The van der Waals surface area contributed by atoms with Crippen molar-refractivity contribution in [1.82, 2.24) is 14.3 Å². The minimum absolute atomic E-state index is 0.268. The van der Waals surface area contributed by atoms with Gasteiger partial charge in [0.05, 0.1) is 4.90 Å². The molecule has 1 N–H and O–H groups in total. The minimum Gasteiger partial charge on any atom is -0.370 e. The highest BCUT2D eigenvalue weighted by Crippen LogP contribution is 2.26. The van der Waals surface area contributed by atoms with Gasteiger partial charge in [-0.25, -0.2) is 13.4 Å². The highest BCUT2D eigenvalue weighted by Gasteiger charge is 2.30. The first-order chi connectivity index (χ1) is 12.8. The lowest BCUT2D eigenvalue weighted by molar-refractivity contribution is 0.382. The van der Waals surface area contributed by atoms with Gasteiger partial charge in [0.15, 0.2) is 0 Å². The molecule has 1 aromatic heterocycles. The molecule has 0 radical (unpaired) electrons. The number of piperazine rings is 1. The number of nitrogens with zero attached hydrogens (tertiary/aromatic N) is 4. The maximum absolute atomic E-state index is 13.0. The van der Waals surface area contributed by atoms with E-state index in [0.717, 1.165) is 18.1 Å². The number of benzene rings is 1. The molecule has 3 rings (SSSR count). The molecule has 9 heteroatoms. The van der Waals surface area contributed by atoms with Crippen molar-refractivity contribution in [2.45, 2.75) is 25.7 Å². The summed E-state index contributed by atoms with van der Waals surface area (Å²) in [5, 5.41) is 3.65. The van der Waals surface area contributed by atoms with Gasteiger partial charge >= 0.3 is 0 Å². The SMILES string of the molecule is CCNc1cc(C)nc(N2CCN(S(=O)(=O)c3cccc(Cl)c3C)CC2)n1. The van der Waals surface area contributed by atoms with Gasteiger partial charge in [0.1, 0.15) is 5.82 Å². The van der Waals surface area contributed by atoms with Crippen LogP contribution in [0.3, 0.4) is 0 Å². The zero-order chi connectivity index (χ0) is 19.6. The lowest BCUT2D eigenvalue weighted by Crippen LogP contribution is -2.49. The smallest absolute Gasteiger partial charge is 0.243 e. The highest BCUT2D eigenvalue weighted by atomic mass is 35.5. The molecule has 0 atom stereocenters. The second kappa shape index (κ2) is 8.00. The first-order valence-corrected chi connectivity index (χ1v) is 10.7. The van der Waals surface area contributed by atoms with Crippen LogP contribution in [0.15, 0.2) is 29.2 Å². The fraction of sp³-hybridized carbons (Fsp3) is 0.444. The van der Waals surface area contributed by atoms with Crippen molar-refractivity contribution in [2.75, 3.05) is 42.9 Å². The van der Waals surface area contributed by atoms with Crippen molar-refractivity contribution in [2.24, 2.45) is 0 Å². The number of anilines is 2. The van der Waals surface area contributed by atoms with E-state index in [1.807, 2.05) is 24.8 Å². The Morgan fingerprint density at radius 2 is 1.85 bits per heavy atom. The molecular weight excluding hydrogens is 386 g/mol. The van der Waals surface area contributed by atoms with E-state index in [2.05, 4.69) is 15.3 Å². The second-order valence-corrected chi connectivity index (χ2v) is 8.79. The molecule has 0 unspecified atom stereocenters. The van der Waals surface area contributed by atoms with E-state index in [4.69, 9.17) is 11.6 Å². The monoisotopic (exact) mass is 409 g/mol. The number of rotatable bonds is 5. The Morgan fingerprint density at radius 1 is 1.15 bits per heavy atom. The van der Waals surface area contributed by atoms with Crippen LogP contribution in [0, 0.1) is 13.8 Å². The van der Waals surface area contributed by atoms with Crippen molar-refractivity contribution in [3.8, 4) is 0 Å². The highest BCUT2D eigenvalue weighted by molar-refractivity contribution is 7.89. The fourth-order valence-corrected chi connectivity index (χ4v) is 5.00. The standard InChI is InChI=1S/C18H24ClN5O2S/c1-4-20-17-12-13(2)21-18(22-17)23-8-10-24(11-9-23)27(25,26)16-7-5-6-15(19)14(16)3/h5-7,12H,4,8-11H2,1-3H3,(H,20,21,22). The molecule has 1 fully saturated rings. The van der Waals surface area contributed by atoms with Gasteiger partial charge in [0.25, 0.3) is 0 Å². The second-order valence-electron chi connectivity index (χ2n) is 6.48. The third-order valence-corrected chi connectivity index (χ3v) is 7.01. The molecule has 1 aromatic carbocycles. The average Bonchev–Trinajstić information content (AvgIpc) is 2.64. The normalized spacial score (nSPS) is 15.8. The van der Waals surface area contributed by atoms with Crippen LogP contribution in [0.2, 0.25) is 5.02 Å². The van der Waals surface area contributed by atoms with Crippen molar-refractivity contribution >= 4 is 33.4 Å². The molecule has 0 spiro atoms. The number of aromatic nitrogens is 2. The Labute approximate surface area is 165 Å². The first kappa shape index (κ1) is 19.9. The van der Waals surface area contributed by atoms with Crippen molar-refractivity contribution in [1.29, 1.82) is 0 Å². The van der Waals surface area contributed by atoms with E-state index in [1.54, 1.807) is 25.1 Å². The summed E-state index contributed by atoms with van der Waals surface area (Å²) < 4.78 is 27.5. The van der Waals surface area contributed by atoms with E-state index < -0.39 is 10.0 Å². The van der Waals surface area contributed by atoms with Gasteiger partial charge in [-0.1, -0.05) is 17.7 Å². The van der Waals surface area contributed by atoms with Crippen molar-refractivity contribution < 1.29 is 8.42 Å². The van der Waals surface area contributed by atoms with Gasteiger partial charge in [0, 0.05) is 49.5 Å². The van der Waals surface area contributed by atoms with Crippen molar-refractivity contribution in [3.05, 3.63) is 40.5 Å². The maximum Gasteiger partial charge on any atom is 0.243 e. The number of sulfonamides is 1. The van der Waals surface area contributed by atoms with E-state index in [9.17, 15) is 8.42 Å². The van der Waals surface area contributed by atoms with Crippen LogP contribution < -0.4 is 10.2 Å². The van der Waals surface area contributed by atoms with Gasteiger partial charge in [-0.05, 0) is 38.5 Å². The predicted octanol–water partition coefficient (Wildman–Crippen LogP) is 2.69. The molecule has 7 nitrogen and oxygen atoms in total. The molecule has 0 amide bonds. The molecule has 2 aromatic rings. The largest absolute Gasteiger partial charge is 0.370 e. The van der Waals surface area contributed by atoms with Gasteiger partial charge in [-0.2, -0.15) is 9.29 Å². The Kier molecular flexibility index (Phi) is 5.88. The fourth-order valence-electron chi connectivity index (χ4n) is 3.10. The van der Waals surface area contributed by atoms with E-state index >= 15 is 0 Å². The topological polar surface area (TPSA) is 78.4 Å². The molecular formula is C18H24ClN5O2S. The summed E-state index contributed by atoms with van der Waals surface area (Å²) in [5.74, 6) is 1.41. The summed E-state index contributed by atoms with van der Waals surface area (Å²) in [5.41, 5.74) is 1.46. The average molecular weight is 410 g/mol. The van der Waals surface area contributed by atoms with Crippen LogP contribution >= 0.6 is 11.6 Å². The summed E-state index contributed by atoms with van der Waals surface area (Å²) in [6.07, 6.45) is 0. The Balaban J connectivity index is 1.76.